The zero-order valence-corrected chi connectivity index (χ0v) is 11.8. The van der Waals surface area contributed by atoms with Crippen molar-refractivity contribution in [3.05, 3.63) is 40.3 Å². The van der Waals surface area contributed by atoms with E-state index in [9.17, 15) is 4.79 Å². The second kappa shape index (κ2) is 6.11. The number of aromatic nitrogens is 2. The number of rotatable bonds is 3. The van der Waals surface area contributed by atoms with Crippen molar-refractivity contribution < 1.29 is 4.79 Å². The van der Waals surface area contributed by atoms with Gasteiger partial charge in [0, 0.05) is 11.6 Å². The van der Waals surface area contributed by atoms with E-state index in [2.05, 4.69) is 20.8 Å². The van der Waals surface area contributed by atoms with Crippen LogP contribution in [0.25, 0.3) is 0 Å². The van der Waals surface area contributed by atoms with Gasteiger partial charge in [0.15, 0.2) is 0 Å². The highest BCUT2D eigenvalue weighted by atomic mass is 32.1. The largest absolute Gasteiger partial charge is 0.320 e. The highest BCUT2D eigenvalue weighted by Gasteiger charge is 2.21. The van der Waals surface area contributed by atoms with Crippen molar-refractivity contribution in [2.24, 2.45) is 0 Å². The third-order valence-electron chi connectivity index (χ3n) is 3.35. The first-order valence-electron chi connectivity index (χ1n) is 6.73. The van der Waals surface area contributed by atoms with Crippen LogP contribution in [0.3, 0.4) is 0 Å². The Morgan fingerprint density at radius 1 is 1.20 bits per heavy atom. The van der Waals surface area contributed by atoms with Crippen molar-refractivity contribution in [1.82, 2.24) is 15.5 Å². The molecule has 2 aromatic rings. The molecule has 0 spiro atoms. The normalized spacial score (nSPS) is 16.0. The van der Waals surface area contributed by atoms with Gasteiger partial charge in [0.05, 0.1) is 0 Å². The van der Waals surface area contributed by atoms with E-state index >= 15 is 0 Å². The summed E-state index contributed by atoms with van der Waals surface area (Å²) in [7, 11) is 0. The van der Waals surface area contributed by atoms with Crippen LogP contribution in [0.15, 0.2) is 30.3 Å². The smallest absolute Gasteiger partial charge is 0.286 e. The monoisotopic (exact) mass is 288 g/mol. The lowest BCUT2D eigenvalue weighted by Crippen LogP contribution is -2.26. The van der Waals surface area contributed by atoms with Crippen molar-refractivity contribution in [1.29, 1.82) is 0 Å². The minimum absolute atomic E-state index is 0.186. The average molecular weight is 288 g/mol. The molecule has 1 aliphatic heterocycles. The lowest BCUT2D eigenvalue weighted by molar-refractivity contribution is 0.102. The summed E-state index contributed by atoms with van der Waals surface area (Å²) in [6.07, 6.45) is 2.13. The second-order valence-electron chi connectivity index (χ2n) is 4.79. The van der Waals surface area contributed by atoms with Gasteiger partial charge in [0.2, 0.25) is 5.01 Å². The first-order chi connectivity index (χ1) is 9.83. The van der Waals surface area contributed by atoms with Crippen molar-refractivity contribution in [2.45, 2.75) is 18.8 Å². The number of para-hydroxylation sites is 1. The van der Waals surface area contributed by atoms with E-state index in [1.165, 1.54) is 11.3 Å². The standard InChI is InChI=1S/C14H16N4OS/c19-12(16-11-4-2-1-3-5-11)14-18-17-13(20-14)10-6-8-15-9-7-10/h1-5,10,15H,6-9H2,(H,16,19). The molecule has 20 heavy (non-hydrogen) atoms. The van der Waals surface area contributed by atoms with E-state index in [1.807, 2.05) is 30.3 Å². The number of anilines is 1. The van der Waals surface area contributed by atoms with Gasteiger partial charge in [-0.05, 0) is 38.1 Å². The molecular formula is C14H16N4OS. The van der Waals surface area contributed by atoms with Crippen LogP contribution in [0.5, 0.6) is 0 Å². The summed E-state index contributed by atoms with van der Waals surface area (Å²) < 4.78 is 0. The SMILES string of the molecule is O=C(Nc1ccccc1)c1nnc(C2CCNCC2)s1. The fourth-order valence-electron chi connectivity index (χ4n) is 2.27. The molecule has 104 valence electrons. The predicted molar refractivity (Wildman–Crippen MR) is 79.1 cm³/mol. The Labute approximate surface area is 121 Å². The average Bonchev–Trinajstić information content (AvgIpc) is 2.99. The molecule has 6 heteroatoms. The van der Waals surface area contributed by atoms with Crippen molar-refractivity contribution in [3.63, 3.8) is 0 Å². The third-order valence-corrected chi connectivity index (χ3v) is 4.44. The van der Waals surface area contributed by atoms with Gasteiger partial charge < -0.3 is 10.6 Å². The molecule has 1 aromatic carbocycles. The molecule has 2 N–H and O–H groups in total. The van der Waals surface area contributed by atoms with Crippen molar-refractivity contribution in [3.8, 4) is 0 Å². The maximum absolute atomic E-state index is 12.1. The summed E-state index contributed by atoms with van der Waals surface area (Å²) >= 11 is 1.40. The topological polar surface area (TPSA) is 66.9 Å². The maximum atomic E-state index is 12.1. The Morgan fingerprint density at radius 3 is 2.70 bits per heavy atom. The van der Waals surface area contributed by atoms with E-state index in [4.69, 9.17) is 0 Å². The fourth-order valence-corrected chi connectivity index (χ4v) is 3.17. The number of carbonyl (C=O) groups is 1. The summed E-state index contributed by atoms with van der Waals surface area (Å²) in [5.41, 5.74) is 0.774. The van der Waals surface area contributed by atoms with Crippen LogP contribution in [0.1, 0.15) is 33.6 Å². The number of amides is 1. The molecular weight excluding hydrogens is 272 g/mol. The molecule has 0 unspecified atom stereocenters. The Morgan fingerprint density at radius 2 is 1.95 bits per heavy atom. The summed E-state index contributed by atoms with van der Waals surface area (Å²) in [5, 5.41) is 15.8. The van der Waals surface area contributed by atoms with E-state index in [0.717, 1.165) is 36.6 Å². The summed E-state index contributed by atoms with van der Waals surface area (Å²) in [6.45, 7) is 2.02. The van der Waals surface area contributed by atoms with Crippen LogP contribution >= 0.6 is 11.3 Å². The lowest BCUT2D eigenvalue weighted by Gasteiger charge is -2.19. The first-order valence-corrected chi connectivity index (χ1v) is 7.55. The van der Waals surface area contributed by atoms with Crippen LogP contribution < -0.4 is 10.6 Å². The first kappa shape index (κ1) is 13.2. The van der Waals surface area contributed by atoms with Crippen LogP contribution in [0, 0.1) is 0 Å². The molecule has 1 saturated heterocycles. The van der Waals surface area contributed by atoms with Crippen LogP contribution in [-0.2, 0) is 0 Å². The third kappa shape index (κ3) is 3.02. The summed E-state index contributed by atoms with van der Waals surface area (Å²) in [6, 6.07) is 9.39. The van der Waals surface area contributed by atoms with Crippen molar-refractivity contribution >= 4 is 22.9 Å². The molecule has 0 radical (unpaired) electrons. The molecule has 2 heterocycles. The number of carbonyl (C=O) groups excluding carboxylic acids is 1. The van der Waals surface area contributed by atoms with Crippen LogP contribution in [0.2, 0.25) is 0 Å². The molecule has 0 aliphatic carbocycles. The number of piperidine rings is 1. The van der Waals surface area contributed by atoms with Gasteiger partial charge in [-0.1, -0.05) is 29.5 Å². The molecule has 1 aliphatic rings. The minimum Gasteiger partial charge on any atom is -0.320 e. The number of hydrogen-bond acceptors (Lipinski definition) is 5. The number of benzene rings is 1. The van der Waals surface area contributed by atoms with Gasteiger partial charge >= 0.3 is 0 Å². The minimum atomic E-state index is -0.186. The second-order valence-corrected chi connectivity index (χ2v) is 5.80. The van der Waals surface area contributed by atoms with E-state index in [0.29, 0.717) is 10.9 Å². The molecule has 1 aromatic heterocycles. The maximum Gasteiger partial charge on any atom is 0.286 e. The Bertz CT molecular complexity index is 578. The molecule has 0 atom stereocenters. The molecule has 0 saturated carbocycles. The Kier molecular flexibility index (Phi) is 4.03. The van der Waals surface area contributed by atoms with Crippen LogP contribution in [-0.4, -0.2) is 29.2 Å². The van der Waals surface area contributed by atoms with E-state index in [1.54, 1.807) is 0 Å². The Balaban J connectivity index is 1.68. The molecule has 3 rings (SSSR count). The molecule has 5 nitrogen and oxygen atoms in total. The lowest BCUT2D eigenvalue weighted by atomic mass is 9.99. The van der Waals surface area contributed by atoms with E-state index < -0.39 is 0 Å². The Hall–Kier alpha value is -1.79. The predicted octanol–water partition coefficient (Wildman–Crippen LogP) is 2.26. The highest BCUT2D eigenvalue weighted by Crippen LogP contribution is 2.27. The van der Waals surface area contributed by atoms with Gasteiger partial charge in [0.25, 0.3) is 5.91 Å². The zero-order chi connectivity index (χ0) is 13.8. The molecule has 1 fully saturated rings. The number of nitrogens with zero attached hydrogens (tertiary/aromatic N) is 2. The highest BCUT2D eigenvalue weighted by molar-refractivity contribution is 7.13. The van der Waals surface area contributed by atoms with Gasteiger partial charge in [0.1, 0.15) is 5.01 Å². The van der Waals surface area contributed by atoms with Crippen molar-refractivity contribution in [2.75, 3.05) is 18.4 Å². The van der Waals surface area contributed by atoms with Gasteiger partial charge in [-0.2, -0.15) is 0 Å². The zero-order valence-electron chi connectivity index (χ0n) is 11.0. The summed E-state index contributed by atoms with van der Waals surface area (Å²) in [5.74, 6) is 0.251. The van der Waals surface area contributed by atoms with Gasteiger partial charge in [-0.25, -0.2) is 0 Å². The fraction of sp³-hybridized carbons (Fsp3) is 0.357. The molecule has 1 amide bonds. The number of hydrogen-bond donors (Lipinski definition) is 2. The number of nitrogens with one attached hydrogen (secondary N) is 2. The van der Waals surface area contributed by atoms with Gasteiger partial charge in [-0.3, -0.25) is 4.79 Å². The van der Waals surface area contributed by atoms with Gasteiger partial charge in [-0.15, -0.1) is 10.2 Å². The van der Waals surface area contributed by atoms with E-state index in [-0.39, 0.29) is 5.91 Å². The van der Waals surface area contributed by atoms with Crippen LogP contribution in [0.4, 0.5) is 5.69 Å². The quantitative estimate of drug-likeness (QED) is 0.909. The molecule has 0 bridgehead atoms. The summed E-state index contributed by atoms with van der Waals surface area (Å²) in [4.78, 5) is 12.1.